The van der Waals surface area contributed by atoms with Crippen molar-refractivity contribution in [1.82, 2.24) is 4.90 Å². The van der Waals surface area contributed by atoms with Crippen LogP contribution in [0.1, 0.15) is 32.1 Å². The molecule has 0 aromatic rings. The minimum Gasteiger partial charge on any atom is -0.344 e. The van der Waals surface area contributed by atoms with E-state index in [-0.39, 0.29) is 12.8 Å². The van der Waals surface area contributed by atoms with E-state index >= 15 is 0 Å². The van der Waals surface area contributed by atoms with Crippen molar-refractivity contribution in [2.75, 3.05) is 13.1 Å². The van der Waals surface area contributed by atoms with E-state index < -0.39 is 11.6 Å². The molecule has 0 atom stereocenters. The van der Waals surface area contributed by atoms with Crippen LogP contribution in [0.25, 0.3) is 0 Å². The van der Waals surface area contributed by atoms with Gasteiger partial charge >= 0.3 is 5.97 Å². The van der Waals surface area contributed by atoms with Crippen LogP contribution >= 0.6 is 11.9 Å². The molecule has 2 fully saturated rings. The van der Waals surface area contributed by atoms with Crippen molar-refractivity contribution in [3.8, 4) is 0 Å². The first-order chi connectivity index (χ1) is 7.15. The standard InChI is InChI=1S/C10H15ClFNO2/c11-15-9(14)10(12)4-6-13(7-5-10)8-2-1-3-8/h8H,1-7H2. The first-order valence-electron chi connectivity index (χ1n) is 5.42. The van der Waals surface area contributed by atoms with Crippen molar-refractivity contribution in [3.05, 3.63) is 0 Å². The van der Waals surface area contributed by atoms with Crippen LogP contribution in [0, 0.1) is 0 Å². The zero-order valence-electron chi connectivity index (χ0n) is 8.55. The molecule has 0 amide bonds. The van der Waals surface area contributed by atoms with Gasteiger partial charge in [0.05, 0.1) is 0 Å². The summed E-state index contributed by atoms with van der Waals surface area (Å²) in [5.74, 6) is -0.933. The van der Waals surface area contributed by atoms with Gasteiger partial charge in [-0.05, 0) is 12.8 Å². The summed E-state index contributed by atoms with van der Waals surface area (Å²) in [7, 11) is 0. The van der Waals surface area contributed by atoms with Crippen LogP contribution in [0.5, 0.6) is 0 Å². The third-order valence-corrected chi connectivity index (χ3v) is 3.76. The van der Waals surface area contributed by atoms with Crippen LogP contribution in [0.4, 0.5) is 4.39 Å². The van der Waals surface area contributed by atoms with Gasteiger partial charge in [-0.1, -0.05) is 6.42 Å². The van der Waals surface area contributed by atoms with E-state index in [1.807, 2.05) is 0 Å². The summed E-state index contributed by atoms with van der Waals surface area (Å²) < 4.78 is 17.9. The molecular weight excluding hydrogens is 221 g/mol. The van der Waals surface area contributed by atoms with Gasteiger partial charge in [0.25, 0.3) is 0 Å². The maximum atomic E-state index is 13.9. The quantitative estimate of drug-likeness (QED) is 0.734. The highest BCUT2D eigenvalue weighted by molar-refractivity contribution is 6.14. The van der Waals surface area contributed by atoms with Crippen LogP contribution < -0.4 is 0 Å². The molecule has 1 heterocycles. The Morgan fingerprint density at radius 3 is 2.40 bits per heavy atom. The van der Waals surface area contributed by atoms with Gasteiger partial charge in [0.2, 0.25) is 5.67 Å². The fraction of sp³-hybridized carbons (Fsp3) is 0.900. The molecule has 0 bridgehead atoms. The molecule has 1 saturated heterocycles. The second-order valence-electron chi connectivity index (χ2n) is 4.45. The van der Waals surface area contributed by atoms with Crippen LogP contribution in [0.2, 0.25) is 0 Å². The minimum absolute atomic E-state index is 0.203. The molecule has 3 nitrogen and oxygen atoms in total. The van der Waals surface area contributed by atoms with E-state index in [1.165, 1.54) is 19.3 Å². The first kappa shape index (κ1) is 11.1. The molecule has 0 N–H and O–H groups in total. The fourth-order valence-corrected chi connectivity index (χ4v) is 2.41. The molecule has 5 heteroatoms. The van der Waals surface area contributed by atoms with E-state index in [0.717, 1.165) is 0 Å². The van der Waals surface area contributed by atoms with Crippen molar-refractivity contribution in [1.29, 1.82) is 0 Å². The molecule has 0 unspecified atom stereocenters. The third-order valence-electron chi connectivity index (χ3n) is 3.62. The van der Waals surface area contributed by atoms with Gasteiger partial charge < -0.3 is 9.19 Å². The lowest BCUT2D eigenvalue weighted by Crippen LogP contribution is -2.51. The largest absolute Gasteiger partial charge is 0.362 e. The number of nitrogens with zero attached hydrogens (tertiary/aromatic N) is 1. The lowest BCUT2D eigenvalue weighted by molar-refractivity contribution is -0.151. The lowest BCUT2D eigenvalue weighted by Gasteiger charge is -2.42. The van der Waals surface area contributed by atoms with E-state index in [0.29, 0.717) is 19.1 Å². The summed E-state index contributed by atoms with van der Waals surface area (Å²) in [4.78, 5) is 13.4. The number of carbonyl (C=O) groups excluding carboxylic acids is 1. The summed E-state index contributed by atoms with van der Waals surface area (Å²) in [6.45, 7) is 1.26. The zero-order valence-corrected chi connectivity index (χ0v) is 9.30. The maximum Gasteiger partial charge on any atom is 0.362 e. The summed E-state index contributed by atoms with van der Waals surface area (Å²) in [6, 6.07) is 0.613. The summed E-state index contributed by atoms with van der Waals surface area (Å²) in [5.41, 5.74) is -1.86. The SMILES string of the molecule is O=C(OCl)C1(F)CCN(C2CCC2)CC1. The Kier molecular flexibility index (Phi) is 3.16. The molecule has 2 rings (SSSR count). The maximum absolute atomic E-state index is 13.9. The molecular formula is C10H15ClFNO2. The highest BCUT2D eigenvalue weighted by Gasteiger charge is 2.44. The van der Waals surface area contributed by atoms with Crippen molar-refractivity contribution in [3.63, 3.8) is 0 Å². The van der Waals surface area contributed by atoms with Gasteiger partial charge in [-0.3, -0.25) is 0 Å². The molecule has 1 aliphatic carbocycles. The van der Waals surface area contributed by atoms with Gasteiger partial charge in [-0.25, -0.2) is 9.18 Å². The average molecular weight is 236 g/mol. The highest BCUT2D eigenvalue weighted by Crippen LogP contribution is 2.33. The molecule has 2 aliphatic rings. The number of hydrogen-bond acceptors (Lipinski definition) is 3. The molecule has 15 heavy (non-hydrogen) atoms. The highest BCUT2D eigenvalue weighted by atomic mass is 35.5. The first-order valence-corrected chi connectivity index (χ1v) is 5.72. The monoisotopic (exact) mass is 235 g/mol. The molecule has 0 spiro atoms. The number of likely N-dealkylation sites (tertiary alicyclic amines) is 1. The number of piperidine rings is 1. The second kappa shape index (κ2) is 4.26. The zero-order chi connectivity index (χ0) is 10.9. The minimum atomic E-state index is -1.86. The molecule has 1 saturated carbocycles. The van der Waals surface area contributed by atoms with E-state index in [9.17, 15) is 9.18 Å². The van der Waals surface area contributed by atoms with E-state index in [1.54, 1.807) is 0 Å². The van der Waals surface area contributed by atoms with Gasteiger partial charge in [-0.15, -0.1) is 0 Å². The molecule has 0 radical (unpaired) electrons. The van der Waals surface area contributed by atoms with Crippen molar-refractivity contribution in [2.45, 2.75) is 43.8 Å². The van der Waals surface area contributed by atoms with Crippen LogP contribution in [-0.4, -0.2) is 35.7 Å². The van der Waals surface area contributed by atoms with Crippen LogP contribution in [0.15, 0.2) is 0 Å². The number of rotatable bonds is 2. The van der Waals surface area contributed by atoms with Crippen LogP contribution in [0.3, 0.4) is 0 Å². The van der Waals surface area contributed by atoms with Gasteiger partial charge in [-0.2, -0.15) is 0 Å². The Morgan fingerprint density at radius 1 is 1.40 bits per heavy atom. The Hall–Kier alpha value is -0.350. The summed E-state index contributed by atoms with van der Waals surface area (Å²) >= 11 is 4.91. The molecule has 86 valence electrons. The van der Waals surface area contributed by atoms with Crippen molar-refractivity contribution in [2.24, 2.45) is 0 Å². The number of halogens is 2. The Balaban J connectivity index is 1.87. The fourth-order valence-electron chi connectivity index (χ4n) is 2.27. The second-order valence-corrected chi connectivity index (χ2v) is 4.60. The number of alkyl halides is 1. The van der Waals surface area contributed by atoms with Gasteiger partial charge in [0.15, 0.2) is 0 Å². The predicted molar refractivity (Wildman–Crippen MR) is 54.2 cm³/mol. The topological polar surface area (TPSA) is 29.5 Å². The van der Waals surface area contributed by atoms with Crippen LogP contribution in [-0.2, 0) is 9.08 Å². The van der Waals surface area contributed by atoms with E-state index in [4.69, 9.17) is 11.9 Å². The van der Waals surface area contributed by atoms with Gasteiger partial charge in [0.1, 0.15) is 11.9 Å². The Labute approximate surface area is 93.7 Å². The number of hydrogen-bond donors (Lipinski definition) is 0. The smallest absolute Gasteiger partial charge is 0.344 e. The molecule has 1 aliphatic heterocycles. The third kappa shape index (κ3) is 2.11. The lowest BCUT2D eigenvalue weighted by atomic mass is 9.87. The molecule has 0 aromatic heterocycles. The van der Waals surface area contributed by atoms with Gasteiger partial charge in [0, 0.05) is 32.0 Å². The summed E-state index contributed by atoms with van der Waals surface area (Å²) in [5, 5.41) is 0. The number of carbonyl (C=O) groups is 1. The predicted octanol–water partition coefficient (Wildman–Crippen LogP) is 2.04. The van der Waals surface area contributed by atoms with Crippen molar-refractivity contribution < 1.29 is 13.5 Å². The molecule has 0 aromatic carbocycles. The Bertz CT molecular complexity index is 250. The Morgan fingerprint density at radius 2 is 2.00 bits per heavy atom. The van der Waals surface area contributed by atoms with Crippen molar-refractivity contribution >= 4 is 17.8 Å². The normalized spacial score (nSPS) is 27.1. The summed E-state index contributed by atoms with van der Waals surface area (Å²) in [6.07, 6.45) is 4.09. The van der Waals surface area contributed by atoms with E-state index in [2.05, 4.69) is 9.19 Å². The average Bonchev–Trinajstić information content (AvgIpc) is 2.18.